The first kappa shape index (κ1) is 20.4. The maximum absolute atomic E-state index is 13.3. The molecule has 1 aromatic rings. The molecule has 1 aromatic carbocycles. The molecule has 1 N–H and O–H groups in total. The van der Waals surface area contributed by atoms with Crippen molar-refractivity contribution in [2.45, 2.75) is 12.5 Å². The van der Waals surface area contributed by atoms with Gasteiger partial charge in [-0.15, -0.1) is 12.4 Å². The SMILES string of the molecule is Cl.O=C(CCN1CCOC(c2ccc(F)c(Cl)c2)C1)N1CCNCC1. The van der Waals surface area contributed by atoms with Crippen LogP contribution >= 0.6 is 24.0 Å². The van der Waals surface area contributed by atoms with Crippen molar-refractivity contribution in [1.29, 1.82) is 0 Å². The van der Waals surface area contributed by atoms with Crippen molar-refractivity contribution in [3.8, 4) is 0 Å². The van der Waals surface area contributed by atoms with Crippen molar-refractivity contribution in [2.24, 2.45) is 0 Å². The zero-order valence-corrected chi connectivity index (χ0v) is 15.6. The molecular formula is C17H24Cl2FN3O2. The van der Waals surface area contributed by atoms with Gasteiger partial charge in [-0.3, -0.25) is 9.69 Å². The van der Waals surface area contributed by atoms with E-state index in [1.807, 2.05) is 4.90 Å². The summed E-state index contributed by atoms with van der Waals surface area (Å²) < 4.78 is 19.1. The average Bonchev–Trinajstić information content (AvgIpc) is 2.63. The van der Waals surface area contributed by atoms with E-state index in [9.17, 15) is 9.18 Å². The number of hydrogen-bond acceptors (Lipinski definition) is 4. The molecule has 0 spiro atoms. The highest BCUT2D eigenvalue weighted by Crippen LogP contribution is 2.26. The summed E-state index contributed by atoms with van der Waals surface area (Å²) in [6.45, 7) is 6.14. The van der Waals surface area contributed by atoms with Crippen LogP contribution in [0.4, 0.5) is 4.39 Å². The Morgan fingerprint density at radius 2 is 2.08 bits per heavy atom. The van der Waals surface area contributed by atoms with Gasteiger partial charge in [-0.25, -0.2) is 4.39 Å². The van der Waals surface area contributed by atoms with Crippen molar-refractivity contribution in [1.82, 2.24) is 15.1 Å². The number of piperazine rings is 1. The molecule has 140 valence electrons. The Balaban J connectivity index is 0.00000225. The fraction of sp³-hybridized carbons (Fsp3) is 0.588. The smallest absolute Gasteiger partial charge is 0.223 e. The number of rotatable bonds is 4. The van der Waals surface area contributed by atoms with Crippen LogP contribution in [0.2, 0.25) is 5.02 Å². The van der Waals surface area contributed by atoms with E-state index in [2.05, 4.69) is 10.2 Å². The quantitative estimate of drug-likeness (QED) is 0.853. The van der Waals surface area contributed by atoms with Crippen LogP contribution < -0.4 is 5.32 Å². The Labute approximate surface area is 158 Å². The summed E-state index contributed by atoms with van der Waals surface area (Å²) in [6, 6.07) is 4.70. The molecule has 3 rings (SSSR count). The lowest BCUT2D eigenvalue weighted by molar-refractivity contribution is -0.132. The van der Waals surface area contributed by atoms with Crippen LogP contribution in [-0.4, -0.2) is 68.1 Å². The normalized spacial score (nSPS) is 21.7. The first-order valence-corrected chi connectivity index (χ1v) is 8.78. The van der Waals surface area contributed by atoms with Gasteiger partial charge in [0, 0.05) is 52.2 Å². The van der Waals surface area contributed by atoms with E-state index in [4.69, 9.17) is 16.3 Å². The van der Waals surface area contributed by atoms with Crippen molar-refractivity contribution in [3.63, 3.8) is 0 Å². The third kappa shape index (κ3) is 5.53. The van der Waals surface area contributed by atoms with Crippen molar-refractivity contribution < 1.29 is 13.9 Å². The van der Waals surface area contributed by atoms with E-state index in [0.717, 1.165) is 44.8 Å². The minimum absolute atomic E-state index is 0. The zero-order valence-electron chi connectivity index (χ0n) is 14.0. The molecule has 1 amide bonds. The molecule has 2 aliphatic rings. The summed E-state index contributed by atoms with van der Waals surface area (Å²) in [5.41, 5.74) is 0.875. The van der Waals surface area contributed by atoms with Crippen LogP contribution in [-0.2, 0) is 9.53 Å². The second-order valence-corrected chi connectivity index (χ2v) is 6.62. The highest BCUT2D eigenvalue weighted by molar-refractivity contribution is 6.30. The Morgan fingerprint density at radius 3 is 2.80 bits per heavy atom. The average molecular weight is 392 g/mol. The van der Waals surface area contributed by atoms with Gasteiger partial charge >= 0.3 is 0 Å². The molecular weight excluding hydrogens is 368 g/mol. The second-order valence-electron chi connectivity index (χ2n) is 6.21. The number of nitrogens with zero attached hydrogens (tertiary/aromatic N) is 2. The molecule has 25 heavy (non-hydrogen) atoms. The molecule has 8 heteroatoms. The fourth-order valence-corrected chi connectivity index (χ4v) is 3.34. The zero-order chi connectivity index (χ0) is 16.9. The highest BCUT2D eigenvalue weighted by atomic mass is 35.5. The Bertz CT molecular complexity index is 585. The van der Waals surface area contributed by atoms with Gasteiger partial charge in [0.25, 0.3) is 0 Å². The number of morpholine rings is 1. The molecule has 1 atom stereocenters. The third-order valence-electron chi connectivity index (χ3n) is 4.58. The predicted molar refractivity (Wildman–Crippen MR) is 97.9 cm³/mol. The molecule has 0 radical (unpaired) electrons. The van der Waals surface area contributed by atoms with Crippen LogP contribution in [0.15, 0.2) is 18.2 Å². The molecule has 2 saturated heterocycles. The number of carbonyl (C=O) groups is 1. The van der Waals surface area contributed by atoms with E-state index in [0.29, 0.717) is 19.6 Å². The van der Waals surface area contributed by atoms with Gasteiger partial charge in [0.15, 0.2) is 0 Å². The molecule has 0 aromatic heterocycles. The molecule has 2 aliphatic heterocycles. The van der Waals surface area contributed by atoms with E-state index in [1.54, 1.807) is 12.1 Å². The van der Waals surface area contributed by atoms with Crippen molar-refractivity contribution in [3.05, 3.63) is 34.6 Å². The van der Waals surface area contributed by atoms with Crippen molar-refractivity contribution >= 4 is 29.9 Å². The number of ether oxygens (including phenoxy) is 1. The van der Waals surface area contributed by atoms with Crippen LogP contribution in [0.25, 0.3) is 0 Å². The Kier molecular flexibility index (Phi) is 7.90. The number of hydrogen-bond donors (Lipinski definition) is 1. The predicted octanol–water partition coefficient (Wildman–Crippen LogP) is 2.10. The minimum Gasteiger partial charge on any atom is -0.371 e. The molecule has 0 aliphatic carbocycles. The monoisotopic (exact) mass is 391 g/mol. The molecule has 2 heterocycles. The lowest BCUT2D eigenvalue weighted by atomic mass is 10.1. The third-order valence-corrected chi connectivity index (χ3v) is 4.87. The van der Waals surface area contributed by atoms with Gasteiger partial charge in [0.05, 0.1) is 17.7 Å². The minimum atomic E-state index is -0.422. The molecule has 1 unspecified atom stereocenters. The summed E-state index contributed by atoms with van der Waals surface area (Å²) in [4.78, 5) is 16.4. The molecule has 2 fully saturated rings. The summed E-state index contributed by atoms with van der Waals surface area (Å²) in [5.74, 6) is -0.209. The summed E-state index contributed by atoms with van der Waals surface area (Å²) in [7, 11) is 0. The van der Waals surface area contributed by atoms with Crippen LogP contribution in [0, 0.1) is 5.82 Å². The van der Waals surface area contributed by atoms with Crippen LogP contribution in [0.5, 0.6) is 0 Å². The highest BCUT2D eigenvalue weighted by Gasteiger charge is 2.24. The summed E-state index contributed by atoms with van der Waals surface area (Å²) >= 11 is 5.86. The topological polar surface area (TPSA) is 44.8 Å². The molecule has 0 saturated carbocycles. The number of amides is 1. The van der Waals surface area contributed by atoms with Gasteiger partial charge < -0.3 is 15.0 Å². The number of nitrogens with one attached hydrogen (secondary N) is 1. The van der Waals surface area contributed by atoms with E-state index in [1.165, 1.54) is 6.07 Å². The lowest BCUT2D eigenvalue weighted by Crippen LogP contribution is -2.47. The standard InChI is InChI=1S/C17H23ClFN3O2.ClH/c18-14-11-13(1-2-15(14)19)16-12-21(9-10-24-16)6-3-17(23)22-7-4-20-5-8-22;/h1-2,11,16,20H,3-10,12H2;1H. The van der Waals surface area contributed by atoms with Crippen LogP contribution in [0.1, 0.15) is 18.1 Å². The number of carbonyl (C=O) groups excluding carboxylic acids is 1. The van der Waals surface area contributed by atoms with E-state index < -0.39 is 5.82 Å². The molecule has 5 nitrogen and oxygen atoms in total. The summed E-state index contributed by atoms with van der Waals surface area (Å²) in [5, 5.41) is 3.36. The van der Waals surface area contributed by atoms with Crippen LogP contribution in [0.3, 0.4) is 0 Å². The second kappa shape index (κ2) is 9.69. The van der Waals surface area contributed by atoms with E-state index in [-0.39, 0.29) is 29.4 Å². The fourth-order valence-electron chi connectivity index (χ4n) is 3.15. The first-order chi connectivity index (χ1) is 11.6. The van der Waals surface area contributed by atoms with Gasteiger partial charge in [0.1, 0.15) is 5.82 Å². The van der Waals surface area contributed by atoms with Gasteiger partial charge in [-0.05, 0) is 17.7 Å². The van der Waals surface area contributed by atoms with Gasteiger partial charge in [-0.1, -0.05) is 17.7 Å². The first-order valence-electron chi connectivity index (χ1n) is 8.41. The number of halogens is 3. The maximum atomic E-state index is 13.3. The Morgan fingerprint density at radius 1 is 1.32 bits per heavy atom. The van der Waals surface area contributed by atoms with Gasteiger partial charge in [0.2, 0.25) is 5.91 Å². The molecule has 0 bridgehead atoms. The lowest BCUT2D eigenvalue weighted by Gasteiger charge is -2.34. The number of benzene rings is 1. The van der Waals surface area contributed by atoms with Crippen molar-refractivity contribution in [2.75, 3.05) is 52.4 Å². The maximum Gasteiger partial charge on any atom is 0.223 e. The van der Waals surface area contributed by atoms with Gasteiger partial charge in [-0.2, -0.15) is 0 Å². The Hall–Kier alpha value is -0.920. The summed E-state index contributed by atoms with van der Waals surface area (Å²) in [6.07, 6.45) is 0.391. The largest absolute Gasteiger partial charge is 0.371 e. The van der Waals surface area contributed by atoms with E-state index >= 15 is 0 Å².